The summed E-state index contributed by atoms with van der Waals surface area (Å²) in [5.41, 5.74) is 0. The molecular weight excluding hydrogens is 188 g/mol. The Morgan fingerprint density at radius 3 is 2.40 bits per heavy atom. The fourth-order valence-electron chi connectivity index (χ4n) is 2.56. The van der Waals surface area contributed by atoms with Gasteiger partial charge in [0.15, 0.2) is 0 Å². The van der Waals surface area contributed by atoms with Gasteiger partial charge < -0.3 is 10.6 Å². The Hall–Kier alpha value is -0.570. The van der Waals surface area contributed by atoms with E-state index in [-0.39, 0.29) is 5.91 Å². The maximum absolute atomic E-state index is 11.1. The summed E-state index contributed by atoms with van der Waals surface area (Å²) in [6.45, 7) is 5.43. The summed E-state index contributed by atoms with van der Waals surface area (Å²) in [4.78, 5) is 11.1. The van der Waals surface area contributed by atoms with Crippen molar-refractivity contribution in [2.45, 2.75) is 45.6 Å². The minimum atomic E-state index is 0.124. The van der Waals surface area contributed by atoms with Crippen LogP contribution in [0.25, 0.3) is 0 Å². The lowest BCUT2D eigenvalue weighted by molar-refractivity contribution is -0.120. The lowest BCUT2D eigenvalue weighted by Gasteiger charge is -2.35. The van der Waals surface area contributed by atoms with E-state index in [1.807, 2.05) is 0 Å². The van der Waals surface area contributed by atoms with Gasteiger partial charge in [-0.3, -0.25) is 4.79 Å². The highest BCUT2D eigenvalue weighted by atomic mass is 16.1. The van der Waals surface area contributed by atoms with Crippen molar-refractivity contribution in [2.24, 2.45) is 11.8 Å². The second kappa shape index (κ2) is 6.11. The molecule has 3 nitrogen and oxygen atoms in total. The van der Waals surface area contributed by atoms with Crippen LogP contribution in [0.3, 0.4) is 0 Å². The van der Waals surface area contributed by atoms with E-state index < -0.39 is 0 Å². The molecule has 0 heterocycles. The third-order valence-electron chi connectivity index (χ3n) is 3.56. The topological polar surface area (TPSA) is 41.1 Å². The predicted molar refractivity (Wildman–Crippen MR) is 62.7 cm³/mol. The van der Waals surface area contributed by atoms with Crippen molar-refractivity contribution in [1.82, 2.24) is 10.6 Å². The molecule has 0 saturated heterocycles. The highest BCUT2D eigenvalue weighted by molar-refractivity contribution is 5.75. The zero-order valence-corrected chi connectivity index (χ0v) is 10.2. The van der Waals surface area contributed by atoms with Crippen LogP contribution in [0.15, 0.2) is 0 Å². The summed E-state index contributed by atoms with van der Waals surface area (Å²) >= 11 is 0. The molecule has 0 spiro atoms. The molecule has 1 fully saturated rings. The molecule has 1 aliphatic carbocycles. The zero-order chi connectivity index (χ0) is 11.3. The Kier molecular flexibility index (Phi) is 5.09. The lowest BCUT2D eigenvalue weighted by atomic mass is 9.79. The number of hydrogen-bond donors (Lipinski definition) is 2. The van der Waals surface area contributed by atoms with Crippen LogP contribution in [0.5, 0.6) is 0 Å². The van der Waals surface area contributed by atoms with Gasteiger partial charge in [0.25, 0.3) is 0 Å². The molecule has 1 aliphatic rings. The second-order valence-corrected chi connectivity index (χ2v) is 4.79. The van der Waals surface area contributed by atoms with E-state index in [9.17, 15) is 4.79 Å². The fourth-order valence-corrected chi connectivity index (χ4v) is 2.56. The minimum Gasteiger partial charge on any atom is -0.359 e. The van der Waals surface area contributed by atoms with Crippen molar-refractivity contribution in [1.29, 1.82) is 0 Å². The predicted octanol–water partition coefficient (Wildman–Crippen LogP) is 1.54. The van der Waals surface area contributed by atoms with Gasteiger partial charge >= 0.3 is 0 Å². The molecule has 0 aromatic rings. The van der Waals surface area contributed by atoms with Gasteiger partial charge in [-0.15, -0.1) is 0 Å². The Morgan fingerprint density at radius 1 is 1.27 bits per heavy atom. The summed E-state index contributed by atoms with van der Waals surface area (Å²) in [5, 5.41) is 6.17. The van der Waals surface area contributed by atoms with Gasteiger partial charge in [-0.25, -0.2) is 0 Å². The standard InChI is InChI=1S/C12H24N2O/c1-9-5-4-6-10(2)12(9)14-8-7-11(15)13-3/h9-10,12,14H,4-8H2,1-3H3,(H,13,15). The molecule has 0 radical (unpaired) electrons. The normalized spacial score (nSPS) is 31.3. The monoisotopic (exact) mass is 212 g/mol. The van der Waals surface area contributed by atoms with Crippen molar-refractivity contribution < 1.29 is 4.79 Å². The molecule has 2 N–H and O–H groups in total. The summed E-state index contributed by atoms with van der Waals surface area (Å²) in [5.74, 6) is 1.62. The minimum absolute atomic E-state index is 0.124. The smallest absolute Gasteiger partial charge is 0.221 e. The van der Waals surface area contributed by atoms with Crippen LogP contribution >= 0.6 is 0 Å². The SMILES string of the molecule is CNC(=O)CCNC1C(C)CCCC1C. The first-order valence-corrected chi connectivity index (χ1v) is 6.09. The van der Waals surface area contributed by atoms with Crippen LogP contribution in [-0.4, -0.2) is 25.5 Å². The molecule has 1 rings (SSSR count). The average molecular weight is 212 g/mol. The van der Waals surface area contributed by atoms with Crippen molar-refractivity contribution in [3.8, 4) is 0 Å². The van der Waals surface area contributed by atoms with Gasteiger partial charge in [0.2, 0.25) is 5.91 Å². The van der Waals surface area contributed by atoms with Crippen molar-refractivity contribution in [3.05, 3.63) is 0 Å². The molecule has 1 saturated carbocycles. The third kappa shape index (κ3) is 3.82. The van der Waals surface area contributed by atoms with E-state index in [0.717, 1.165) is 18.4 Å². The van der Waals surface area contributed by atoms with Crippen LogP contribution in [-0.2, 0) is 4.79 Å². The highest BCUT2D eigenvalue weighted by Crippen LogP contribution is 2.28. The Balaban J connectivity index is 2.26. The molecule has 2 unspecified atom stereocenters. The van der Waals surface area contributed by atoms with Gasteiger partial charge in [-0.1, -0.05) is 20.3 Å². The van der Waals surface area contributed by atoms with Crippen LogP contribution in [0.4, 0.5) is 0 Å². The quantitative estimate of drug-likeness (QED) is 0.742. The van der Waals surface area contributed by atoms with Crippen LogP contribution in [0, 0.1) is 11.8 Å². The number of rotatable bonds is 4. The Bertz CT molecular complexity index is 196. The zero-order valence-electron chi connectivity index (χ0n) is 10.2. The molecular formula is C12H24N2O. The Labute approximate surface area is 93.0 Å². The van der Waals surface area contributed by atoms with Crippen molar-refractivity contribution >= 4 is 5.91 Å². The van der Waals surface area contributed by atoms with E-state index in [4.69, 9.17) is 0 Å². The van der Waals surface area contributed by atoms with Gasteiger partial charge in [0.1, 0.15) is 0 Å². The summed E-state index contributed by atoms with van der Waals surface area (Å²) in [7, 11) is 1.69. The van der Waals surface area contributed by atoms with Gasteiger partial charge in [-0.2, -0.15) is 0 Å². The molecule has 15 heavy (non-hydrogen) atoms. The largest absolute Gasteiger partial charge is 0.359 e. The van der Waals surface area contributed by atoms with Gasteiger partial charge in [-0.05, 0) is 24.7 Å². The molecule has 1 amide bonds. The molecule has 0 bridgehead atoms. The molecule has 88 valence electrons. The first-order chi connectivity index (χ1) is 7.15. The molecule has 3 heteroatoms. The number of amides is 1. The molecule has 0 aromatic heterocycles. The van der Waals surface area contributed by atoms with Gasteiger partial charge in [0.05, 0.1) is 0 Å². The fraction of sp³-hybridized carbons (Fsp3) is 0.917. The number of carbonyl (C=O) groups is 1. The lowest BCUT2D eigenvalue weighted by Crippen LogP contribution is -2.43. The third-order valence-corrected chi connectivity index (χ3v) is 3.56. The number of nitrogens with one attached hydrogen (secondary N) is 2. The molecule has 2 atom stereocenters. The van der Waals surface area contributed by atoms with Crippen LogP contribution in [0.2, 0.25) is 0 Å². The molecule has 0 aliphatic heterocycles. The first kappa shape index (κ1) is 12.5. The van der Waals surface area contributed by atoms with E-state index in [2.05, 4.69) is 24.5 Å². The highest BCUT2D eigenvalue weighted by Gasteiger charge is 2.26. The van der Waals surface area contributed by atoms with E-state index in [0.29, 0.717) is 12.5 Å². The maximum atomic E-state index is 11.1. The van der Waals surface area contributed by atoms with E-state index in [1.54, 1.807) is 7.05 Å². The van der Waals surface area contributed by atoms with Crippen LogP contribution < -0.4 is 10.6 Å². The average Bonchev–Trinajstić information content (AvgIpc) is 2.22. The summed E-state index contributed by atoms with van der Waals surface area (Å²) < 4.78 is 0. The Morgan fingerprint density at radius 2 is 1.87 bits per heavy atom. The summed E-state index contributed by atoms with van der Waals surface area (Å²) in [6.07, 6.45) is 4.59. The number of carbonyl (C=O) groups excluding carboxylic acids is 1. The van der Waals surface area contributed by atoms with Crippen molar-refractivity contribution in [2.75, 3.05) is 13.6 Å². The maximum Gasteiger partial charge on any atom is 0.221 e. The molecule has 0 aromatic carbocycles. The summed E-state index contributed by atoms with van der Waals surface area (Å²) in [6, 6.07) is 0.600. The number of hydrogen-bond acceptors (Lipinski definition) is 2. The second-order valence-electron chi connectivity index (χ2n) is 4.79. The van der Waals surface area contributed by atoms with Gasteiger partial charge in [0, 0.05) is 26.1 Å². The van der Waals surface area contributed by atoms with E-state index >= 15 is 0 Å². The van der Waals surface area contributed by atoms with Crippen LogP contribution in [0.1, 0.15) is 39.5 Å². The van der Waals surface area contributed by atoms with E-state index in [1.165, 1.54) is 19.3 Å². The van der Waals surface area contributed by atoms with Crippen molar-refractivity contribution in [3.63, 3.8) is 0 Å². The first-order valence-electron chi connectivity index (χ1n) is 6.09.